The fraction of sp³-hybridized carbons (Fsp3) is 0.231. The summed E-state index contributed by atoms with van der Waals surface area (Å²) in [6.45, 7) is 0.707. The standard InChI is InChI=1S/C13H13N3O2S/c17-19(18,9-11-4-2-1-3-5-11)16-7-12-6-14-10-15-13(12)8-16/h1-6,10H,7-9H2. The lowest BCUT2D eigenvalue weighted by Crippen LogP contribution is -2.27. The van der Waals surface area contributed by atoms with E-state index in [2.05, 4.69) is 9.97 Å². The van der Waals surface area contributed by atoms with Gasteiger partial charge >= 0.3 is 0 Å². The highest BCUT2D eigenvalue weighted by Gasteiger charge is 2.30. The molecule has 1 aromatic heterocycles. The highest BCUT2D eigenvalue weighted by Crippen LogP contribution is 2.24. The minimum Gasteiger partial charge on any atom is -0.244 e. The molecule has 3 rings (SSSR count). The van der Waals surface area contributed by atoms with Crippen LogP contribution in [-0.4, -0.2) is 22.7 Å². The molecule has 2 aromatic rings. The minimum atomic E-state index is -3.32. The van der Waals surface area contributed by atoms with Crippen LogP contribution in [0.4, 0.5) is 0 Å². The molecule has 1 aromatic carbocycles. The molecule has 0 saturated heterocycles. The van der Waals surface area contributed by atoms with Crippen LogP contribution in [0.5, 0.6) is 0 Å². The van der Waals surface area contributed by atoms with E-state index in [1.54, 1.807) is 6.20 Å². The van der Waals surface area contributed by atoms with Gasteiger partial charge in [0.05, 0.1) is 18.0 Å². The largest absolute Gasteiger partial charge is 0.244 e. The zero-order valence-electron chi connectivity index (χ0n) is 10.2. The first-order chi connectivity index (χ1) is 9.15. The summed E-state index contributed by atoms with van der Waals surface area (Å²) >= 11 is 0. The van der Waals surface area contributed by atoms with Crippen molar-refractivity contribution < 1.29 is 8.42 Å². The molecule has 98 valence electrons. The smallest absolute Gasteiger partial charge is 0.218 e. The van der Waals surface area contributed by atoms with E-state index in [0.29, 0.717) is 13.1 Å². The second kappa shape index (κ2) is 4.71. The van der Waals surface area contributed by atoms with Gasteiger partial charge in [0.25, 0.3) is 0 Å². The fourth-order valence-electron chi connectivity index (χ4n) is 2.14. The number of sulfonamides is 1. The van der Waals surface area contributed by atoms with Crippen LogP contribution >= 0.6 is 0 Å². The molecule has 0 radical (unpaired) electrons. The average Bonchev–Trinajstić information content (AvgIpc) is 2.84. The summed E-state index contributed by atoms with van der Waals surface area (Å²) in [5, 5.41) is 0. The van der Waals surface area contributed by atoms with Crippen molar-refractivity contribution in [1.82, 2.24) is 14.3 Å². The van der Waals surface area contributed by atoms with E-state index < -0.39 is 10.0 Å². The topological polar surface area (TPSA) is 63.2 Å². The molecular formula is C13H13N3O2S. The van der Waals surface area contributed by atoms with Crippen LogP contribution in [0.15, 0.2) is 42.9 Å². The van der Waals surface area contributed by atoms with Crippen LogP contribution in [0.3, 0.4) is 0 Å². The Morgan fingerprint density at radius 3 is 2.68 bits per heavy atom. The summed E-state index contributed by atoms with van der Waals surface area (Å²) in [4.78, 5) is 8.04. The number of hydrogen-bond acceptors (Lipinski definition) is 4. The van der Waals surface area contributed by atoms with Gasteiger partial charge in [0.1, 0.15) is 6.33 Å². The van der Waals surface area contributed by atoms with Crippen LogP contribution in [0.25, 0.3) is 0 Å². The maximum Gasteiger partial charge on any atom is 0.218 e. The van der Waals surface area contributed by atoms with E-state index in [9.17, 15) is 8.42 Å². The van der Waals surface area contributed by atoms with Crippen molar-refractivity contribution in [3.8, 4) is 0 Å². The molecule has 2 heterocycles. The normalized spacial score (nSPS) is 15.4. The van der Waals surface area contributed by atoms with Crippen molar-refractivity contribution in [2.45, 2.75) is 18.8 Å². The maximum atomic E-state index is 12.3. The summed E-state index contributed by atoms with van der Waals surface area (Å²) in [7, 11) is -3.32. The Labute approximate surface area is 112 Å². The highest BCUT2D eigenvalue weighted by molar-refractivity contribution is 7.88. The predicted octanol–water partition coefficient (Wildman–Crippen LogP) is 1.32. The zero-order valence-corrected chi connectivity index (χ0v) is 11.0. The Morgan fingerprint density at radius 1 is 1.16 bits per heavy atom. The molecule has 0 amide bonds. The summed E-state index contributed by atoms with van der Waals surface area (Å²) < 4.78 is 26.2. The SMILES string of the molecule is O=S(=O)(Cc1ccccc1)N1Cc2cncnc2C1. The van der Waals surface area contributed by atoms with Crippen LogP contribution in [0, 0.1) is 0 Å². The summed E-state index contributed by atoms with van der Waals surface area (Å²) in [5.41, 5.74) is 2.48. The molecular weight excluding hydrogens is 262 g/mol. The molecule has 1 aliphatic heterocycles. The summed E-state index contributed by atoms with van der Waals surface area (Å²) in [5.74, 6) is 0.0231. The van der Waals surface area contributed by atoms with Gasteiger partial charge < -0.3 is 0 Å². The van der Waals surface area contributed by atoms with Gasteiger partial charge in [-0.15, -0.1) is 0 Å². The van der Waals surface area contributed by atoms with Crippen molar-refractivity contribution in [3.63, 3.8) is 0 Å². The van der Waals surface area contributed by atoms with E-state index in [4.69, 9.17) is 0 Å². The number of nitrogens with zero attached hydrogens (tertiary/aromatic N) is 3. The number of fused-ring (bicyclic) bond motifs is 1. The van der Waals surface area contributed by atoms with E-state index in [1.165, 1.54) is 10.6 Å². The quantitative estimate of drug-likeness (QED) is 0.847. The Morgan fingerprint density at radius 2 is 1.95 bits per heavy atom. The third-order valence-electron chi connectivity index (χ3n) is 3.14. The van der Waals surface area contributed by atoms with Crippen LogP contribution in [0.2, 0.25) is 0 Å². The Balaban J connectivity index is 1.80. The molecule has 0 spiro atoms. The maximum absolute atomic E-state index is 12.3. The van der Waals surface area contributed by atoms with Crippen LogP contribution in [-0.2, 0) is 28.9 Å². The van der Waals surface area contributed by atoms with Gasteiger partial charge in [0.15, 0.2) is 0 Å². The monoisotopic (exact) mass is 275 g/mol. The lowest BCUT2D eigenvalue weighted by molar-refractivity contribution is 0.429. The molecule has 0 atom stereocenters. The van der Waals surface area contributed by atoms with Gasteiger partial charge in [-0.2, -0.15) is 4.31 Å². The number of hydrogen-bond donors (Lipinski definition) is 0. The fourth-order valence-corrected chi connectivity index (χ4v) is 3.60. The van der Waals surface area contributed by atoms with Gasteiger partial charge in [-0.25, -0.2) is 18.4 Å². The van der Waals surface area contributed by atoms with E-state index >= 15 is 0 Å². The Kier molecular flexibility index (Phi) is 3.04. The number of aromatic nitrogens is 2. The molecule has 19 heavy (non-hydrogen) atoms. The first-order valence-corrected chi connectivity index (χ1v) is 7.55. The molecule has 0 N–H and O–H groups in total. The van der Waals surface area contributed by atoms with Gasteiger partial charge in [0, 0.05) is 18.3 Å². The van der Waals surface area contributed by atoms with Gasteiger partial charge in [-0.05, 0) is 5.56 Å². The number of benzene rings is 1. The average molecular weight is 275 g/mol. The molecule has 5 nitrogen and oxygen atoms in total. The minimum absolute atomic E-state index is 0.0231. The highest BCUT2D eigenvalue weighted by atomic mass is 32.2. The summed E-state index contributed by atoms with van der Waals surface area (Å²) in [6.07, 6.45) is 3.13. The molecule has 6 heteroatoms. The molecule has 0 unspecified atom stereocenters. The third kappa shape index (κ3) is 2.50. The van der Waals surface area contributed by atoms with Crippen LogP contribution < -0.4 is 0 Å². The summed E-state index contributed by atoms with van der Waals surface area (Å²) in [6, 6.07) is 9.20. The van der Waals surface area contributed by atoms with E-state index in [-0.39, 0.29) is 5.75 Å². The third-order valence-corrected chi connectivity index (χ3v) is 4.88. The van der Waals surface area contributed by atoms with Gasteiger partial charge in [-0.3, -0.25) is 0 Å². The molecule has 1 aliphatic rings. The van der Waals surface area contributed by atoms with Crippen molar-refractivity contribution in [2.75, 3.05) is 0 Å². The molecule has 0 saturated carbocycles. The van der Waals surface area contributed by atoms with Crippen molar-refractivity contribution in [2.24, 2.45) is 0 Å². The Bertz CT molecular complexity index is 661. The molecule has 0 aliphatic carbocycles. The van der Waals surface area contributed by atoms with Crippen molar-refractivity contribution in [3.05, 3.63) is 59.7 Å². The number of rotatable bonds is 3. The van der Waals surface area contributed by atoms with Gasteiger partial charge in [0.2, 0.25) is 10.0 Å². The van der Waals surface area contributed by atoms with Crippen molar-refractivity contribution in [1.29, 1.82) is 0 Å². The lowest BCUT2D eigenvalue weighted by atomic mass is 10.2. The van der Waals surface area contributed by atoms with E-state index in [1.807, 2.05) is 30.3 Å². The zero-order chi connectivity index (χ0) is 13.3. The second-order valence-electron chi connectivity index (χ2n) is 4.50. The first kappa shape index (κ1) is 12.3. The molecule has 0 bridgehead atoms. The second-order valence-corrected chi connectivity index (χ2v) is 6.47. The van der Waals surface area contributed by atoms with Crippen LogP contribution in [0.1, 0.15) is 16.8 Å². The van der Waals surface area contributed by atoms with Gasteiger partial charge in [-0.1, -0.05) is 30.3 Å². The van der Waals surface area contributed by atoms with Crippen molar-refractivity contribution >= 4 is 10.0 Å². The molecule has 0 fully saturated rings. The Hall–Kier alpha value is -1.79. The lowest BCUT2D eigenvalue weighted by Gasteiger charge is -2.15. The predicted molar refractivity (Wildman–Crippen MR) is 70.3 cm³/mol. The van der Waals surface area contributed by atoms with E-state index in [0.717, 1.165) is 16.8 Å². The first-order valence-electron chi connectivity index (χ1n) is 5.95.